The van der Waals surface area contributed by atoms with E-state index in [-0.39, 0.29) is 23.6 Å². The molecule has 7 nitrogen and oxygen atoms in total. The van der Waals surface area contributed by atoms with E-state index in [0.29, 0.717) is 27.9 Å². The Morgan fingerprint density at radius 1 is 1.42 bits per heavy atom. The van der Waals surface area contributed by atoms with Crippen LogP contribution in [0.1, 0.15) is 36.8 Å². The van der Waals surface area contributed by atoms with Crippen LogP contribution in [0.2, 0.25) is 0 Å². The lowest BCUT2D eigenvalue weighted by Crippen LogP contribution is -2.33. The fourth-order valence-corrected chi connectivity index (χ4v) is 3.93. The summed E-state index contributed by atoms with van der Waals surface area (Å²) in [5.41, 5.74) is 0.767. The highest BCUT2D eigenvalue weighted by molar-refractivity contribution is 7.99. The summed E-state index contributed by atoms with van der Waals surface area (Å²) < 4.78 is 7.11. The van der Waals surface area contributed by atoms with E-state index in [2.05, 4.69) is 17.2 Å². The summed E-state index contributed by atoms with van der Waals surface area (Å²) in [6, 6.07) is 4.68. The summed E-state index contributed by atoms with van der Waals surface area (Å²) in [5.74, 6) is 1.14. The quantitative estimate of drug-likeness (QED) is 0.616. The molecule has 2 N–H and O–H groups in total. The van der Waals surface area contributed by atoms with Crippen LogP contribution in [0.25, 0.3) is 0 Å². The minimum Gasteiger partial charge on any atom is -0.508 e. The summed E-state index contributed by atoms with van der Waals surface area (Å²) in [6.07, 6.45) is 1.07. The van der Waals surface area contributed by atoms with Crippen LogP contribution in [0.5, 0.6) is 11.5 Å². The Morgan fingerprint density at radius 2 is 2.19 bits per heavy atom. The molecule has 2 heterocycles. The molecular weight excluding hydrogens is 354 g/mol. The molecule has 2 aromatic rings. The van der Waals surface area contributed by atoms with Crippen LogP contribution in [-0.4, -0.2) is 33.4 Å². The topological polar surface area (TPSA) is 93.5 Å². The number of amides is 1. The molecule has 1 aromatic heterocycles. The van der Waals surface area contributed by atoms with Crippen molar-refractivity contribution in [3.8, 4) is 11.5 Å². The average molecular weight is 375 g/mol. The third-order valence-electron chi connectivity index (χ3n) is 4.33. The van der Waals surface area contributed by atoms with Crippen LogP contribution in [0.15, 0.2) is 28.2 Å². The molecule has 0 saturated heterocycles. The molecule has 8 heteroatoms. The van der Waals surface area contributed by atoms with E-state index in [1.165, 1.54) is 31.0 Å². The van der Waals surface area contributed by atoms with E-state index >= 15 is 0 Å². The van der Waals surface area contributed by atoms with Crippen molar-refractivity contribution in [1.29, 1.82) is 0 Å². The Balaban J connectivity index is 2.17. The number of nitrogens with one attached hydrogen (secondary N) is 1. The zero-order chi connectivity index (χ0) is 18.8. The molecule has 0 radical (unpaired) electrons. The predicted octanol–water partition coefficient (Wildman–Crippen LogP) is 2.47. The number of methoxy groups -OCH3 is 1. The second kappa shape index (κ2) is 7.41. The van der Waals surface area contributed by atoms with Gasteiger partial charge in [0.1, 0.15) is 17.3 Å². The number of anilines is 1. The van der Waals surface area contributed by atoms with E-state index in [1.807, 2.05) is 0 Å². The van der Waals surface area contributed by atoms with Crippen LogP contribution in [-0.2, 0) is 11.8 Å². The molecule has 1 amide bonds. The van der Waals surface area contributed by atoms with E-state index in [1.54, 1.807) is 17.7 Å². The molecule has 1 aliphatic heterocycles. The van der Waals surface area contributed by atoms with Crippen molar-refractivity contribution >= 4 is 23.5 Å². The molecule has 0 fully saturated rings. The molecule has 138 valence electrons. The Morgan fingerprint density at radius 3 is 2.88 bits per heavy atom. The lowest BCUT2D eigenvalue weighted by atomic mass is 9.86. The van der Waals surface area contributed by atoms with E-state index in [9.17, 15) is 14.7 Å². The Kier molecular flexibility index (Phi) is 5.22. The van der Waals surface area contributed by atoms with Crippen LogP contribution in [0.3, 0.4) is 0 Å². The maximum Gasteiger partial charge on any atom is 0.279 e. The van der Waals surface area contributed by atoms with Crippen LogP contribution >= 0.6 is 11.8 Å². The Hall–Kier alpha value is -2.48. The summed E-state index contributed by atoms with van der Waals surface area (Å²) >= 11 is 1.48. The van der Waals surface area contributed by atoms with Gasteiger partial charge in [-0.2, -0.15) is 4.98 Å². The van der Waals surface area contributed by atoms with Gasteiger partial charge in [0.2, 0.25) is 5.91 Å². The van der Waals surface area contributed by atoms with Crippen LogP contribution in [0.4, 0.5) is 5.82 Å². The van der Waals surface area contributed by atoms with Gasteiger partial charge in [0.25, 0.3) is 5.56 Å². The number of rotatable bonds is 5. The number of phenols is 1. The fourth-order valence-electron chi connectivity index (χ4n) is 3.11. The van der Waals surface area contributed by atoms with Crippen molar-refractivity contribution in [2.45, 2.75) is 30.8 Å². The molecular formula is C18H21N3O4S. The second-order valence-corrected chi connectivity index (χ2v) is 7.16. The van der Waals surface area contributed by atoms with Crippen LogP contribution in [0, 0.1) is 0 Å². The number of carbonyl (C=O) groups excluding carboxylic acids is 1. The minimum atomic E-state index is -0.481. The third kappa shape index (κ3) is 3.29. The van der Waals surface area contributed by atoms with Crippen LogP contribution < -0.4 is 15.6 Å². The highest BCUT2D eigenvalue weighted by atomic mass is 32.2. The van der Waals surface area contributed by atoms with E-state index in [4.69, 9.17) is 4.74 Å². The second-order valence-electron chi connectivity index (χ2n) is 6.10. The SMILES string of the molecule is CCCSc1nc(=O)c2c(n1C)NC(=O)CC2c1ccc(O)cc1OC. The first-order chi connectivity index (χ1) is 12.5. The normalized spacial score (nSPS) is 16.1. The first-order valence-electron chi connectivity index (χ1n) is 8.36. The number of phenolic OH excluding ortho intramolecular Hbond substituents is 1. The van der Waals surface area contributed by atoms with Gasteiger partial charge in [0.05, 0.1) is 12.7 Å². The number of nitrogens with zero attached hydrogens (tertiary/aromatic N) is 2. The monoisotopic (exact) mass is 375 g/mol. The number of thioether (sulfide) groups is 1. The van der Waals surface area contributed by atoms with E-state index < -0.39 is 5.92 Å². The maximum atomic E-state index is 12.8. The van der Waals surface area contributed by atoms with Crippen molar-refractivity contribution < 1.29 is 14.6 Å². The van der Waals surface area contributed by atoms with Crippen molar-refractivity contribution in [2.75, 3.05) is 18.2 Å². The smallest absolute Gasteiger partial charge is 0.279 e. The maximum absolute atomic E-state index is 12.8. The standard InChI is InChI=1S/C18H21N3O4S/c1-4-7-26-18-20-17(24)15-12(9-14(23)19-16(15)21(18)2)11-6-5-10(22)8-13(11)25-3/h5-6,8,12,22H,4,7,9H2,1-3H3,(H,19,23). The van der Waals surface area contributed by atoms with Gasteiger partial charge >= 0.3 is 0 Å². The number of aromatic hydroxyl groups is 1. The molecule has 26 heavy (non-hydrogen) atoms. The number of ether oxygens (including phenoxy) is 1. The Labute approximate surface area is 155 Å². The molecule has 0 spiro atoms. The third-order valence-corrected chi connectivity index (χ3v) is 5.56. The molecule has 0 saturated carbocycles. The first-order valence-corrected chi connectivity index (χ1v) is 9.35. The minimum absolute atomic E-state index is 0.0587. The molecule has 1 unspecified atom stereocenters. The number of aromatic nitrogens is 2. The van der Waals surface area contributed by atoms with Crippen molar-refractivity contribution in [1.82, 2.24) is 9.55 Å². The summed E-state index contributed by atoms with van der Waals surface area (Å²) in [5, 5.41) is 13.1. The van der Waals surface area contributed by atoms with Crippen molar-refractivity contribution in [3.05, 3.63) is 39.7 Å². The number of fused-ring (bicyclic) bond motifs is 1. The molecule has 1 atom stereocenters. The average Bonchev–Trinajstić information content (AvgIpc) is 2.62. The lowest BCUT2D eigenvalue weighted by Gasteiger charge is -2.28. The zero-order valence-corrected chi connectivity index (χ0v) is 15.7. The van der Waals surface area contributed by atoms with Gasteiger partial charge in [-0.15, -0.1) is 0 Å². The van der Waals surface area contributed by atoms with Gasteiger partial charge in [-0.3, -0.25) is 9.59 Å². The number of hydrogen-bond acceptors (Lipinski definition) is 6. The molecule has 0 aliphatic carbocycles. The number of carbonyl (C=O) groups is 1. The zero-order valence-electron chi connectivity index (χ0n) is 14.9. The molecule has 0 bridgehead atoms. The van der Waals surface area contributed by atoms with Gasteiger partial charge in [0, 0.05) is 36.8 Å². The lowest BCUT2D eigenvalue weighted by molar-refractivity contribution is -0.116. The van der Waals surface area contributed by atoms with Crippen molar-refractivity contribution in [3.63, 3.8) is 0 Å². The molecule has 3 rings (SSSR count). The van der Waals surface area contributed by atoms with E-state index in [0.717, 1.165) is 12.2 Å². The van der Waals surface area contributed by atoms with Gasteiger partial charge in [0.15, 0.2) is 5.16 Å². The summed E-state index contributed by atoms with van der Waals surface area (Å²) in [7, 11) is 3.28. The molecule has 1 aromatic carbocycles. The highest BCUT2D eigenvalue weighted by Gasteiger charge is 2.33. The molecule has 1 aliphatic rings. The summed E-state index contributed by atoms with van der Waals surface area (Å²) in [4.78, 5) is 29.3. The van der Waals surface area contributed by atoms with Crippen molar-refractivity contribution in [2.24, 2.45) is 7.05 Å². The van der Waals surface area contributed by atoms with Gasteiger partial charge in [-0.1, -0.05) is 24.8 Å². The number of hydrogen-bond donors (Lipinski definition) is 2. The first kappa shape index (κ1) is 18.3. The predicted molar refractivity (Wildman–Crippen MR) is 100 cm³/mol. The van der Waals surface area contributed by atoms with Gasteiger partial charge in [-0.05, 0) is 12.5 Å². The highest BCUT2D eigenvalue weighted by Crippen LogP contribution is 2.40. The largest absolute Gasteiger partial charge is 0.508 e. The number of benzene rings is 1. The van der Waals surface area contributed by atoms with Gasteiger partial charge in [-0.25, -0.2) is 0 Å². The summed E-state index contributed by atoms with van der Waals surface area (Å²) in [6.45, 7) is 2.05. The fraction of sp³-hybridized carbons (Fsp3) is 0.389. The Bertz CT molecular complexity index is 910. The van der Waals surface area contributed by atoms with Gasteiger partial charge < -0.3 is 19.7 Å².